The highest BCUT2D eigenvalue weighted by Crippen LogP contribution is 2.23. The highest BCUT2D eigenvalue weighted by Gasteiger charge is 2.31. The van der Waals surface area contributed by atoms with Gasteiger partial charge in [-0.1, -0.05) is 30.3 Å². The van der Waals surface area contributed by atoms with Crippen LogP contribution in [0, 0.1) is 0 Å². The molecule has 1 atom stereocenters. The molecule has 1 aromatic carbocycles. The summed E-state index contributed by atoms with van der Waals surface area (Å²) in [6.07, 6.45) is -0.156. The Labute approximate surface area is 129 Å². The lowest BCUT2D eigenvalue weighted by atomic mass is 10.2. The number of hydrogen-bond acceptors (Lipinski definition) is 4. The van der Waals surface area contributed by atoms with E-state index in [-0.39, 0.29) is 11.5 Å². The molecule has 1 saturated heterocycles. The predicted octanol–water partition coefficient (Wildman–Crippen LogP) is 2.04. The van der Waals surface area contributed by atoms with Gasteiger partial charge < -0.3 is 9.30 Å². The van der Waals surface area contributed by atoms with Gasteiger partial charge in [0.2, 0.25) is 0 Å². The average Bonchev–Trinajstić information content (AvgIpc) is 3.02. The maximum absolute atomic E-state index is 12.2. The van der Waals surface area contributed by atoms with Gasteiger partial charge in [0.15, 0.2) is 9.84 Å². The summed E-state index contributed by atoms with van der Waals surface area (Å²) in [4.78, 5) is 12.2. The molecule has 2 aromatic rings. The summed E-state index contributed by atoms with van der Waals surface area (Å²) in [5.41, 5.74) is 2.34. The quantitative estimate of drug-likeness (QED) is 0.812. The second kappa shape index (κ2) is 5.61. The Hall–Kier alpha value is -2.08. The zero-order chi connectivity index (χ0) is 15.7. The van der Waals surface area contributed by atoms with Crippen molar-refractivity contribution in [3.05, 3.63) is 48.2 Å². The Balaban J connectivity index is 1.78. The summed E-state index contributed by atoms with van der Waals surface area (Å²) in [6.45, 7) is 0. The molecule has 1 aliphatic heterocycles. The lowest BCUT2D eigenvalue weighted by Gasteiger charge is -2.12. The van der Waals surface area contributed by atoms with Gasteiger partial charge in [-0.25, -0.2) is 13.2 Å². The van der Waals surface area contributed by atoms with E-state index in [1.165, 1.54) is 0 Å². The Morgan fingerprint density at radius 1 is 1.18 bits per heavy atom. The highest BCUT2D eigenvalue weighted by molar-refractivity contribution is 7.91. The minimum atomic E-state index is -3.06. The number of carbonyl (C=O) groups is 1. The summed E-state index contributed by atoms with van der Waals surface area (Å²) < 4.78 is 29.9. The van der Waals surface area contributed by atoms with E-state index in [0.29, 0.717) is 12.1 Å². The largest absolute Gasteiger partial charge is 0.457 e. The minimum Gasteiger partial charge on any atom is -0.457 e. The molecule has 5 nitrogen and oxygen atoms in total. The van der Waals surface area contributed by atoms with Gasteiger partial charge in [-0.05, 0) is 24.1 Å². The van der Waals surface area contributed by atoms with Gasteiger partial charge in [0, 0.05) is 12.7 Å². The van der Waals surface area contributed by atoms with Crippen molar-refractivity contribution in [3.63, 3.8) is 0 Å². The van der Waals surface area contributed by atoms with Crippen molar-refractivity contribution in [2.75, 3.05) is 11.5 Å². The van der Waals surface area contributed by atoms with Crippen LogP contribution >= 0.6 is 0 Å². The van der Waals surface area contributed by atoms with E-state index >= 15 is 0 Å². The van der Waals surface area contributed by atoms with Crippen LogP contribution in [0.3, 0.4) is 0 Å². The molecule has 22 heavy (non-hydrogen) atoms. The SMILES string of the molecule is Cn1c(C(=O)OC2CCS(=O)(=O)C2)ccc1-c1ccccc1. The van der Waals surface area contributed by atoms with Crippen LogP contribution in [0.15, 0.2) is 42.5 Å². The summed E-state index contributed by atoms with van der Waals surface area (Å²) in [6, 6.07) is 13.3. The van der Waals surface area contributed by atoms with Gasteiger partial charge in [-0.2, -0.15) is 0 Å². The summed E-state index contributed by atoms with van der Waals surface area (Å²) >= 11 is 0. The monoisotopic (exact) mass is 319 g/mol. The molecule has 1 fully saturated rings. The van der Waals surface area contributed by atoms with E-state index in [1.54, 1.807) is 17.7 Å². The Morgan fingerprint density at radius 2 is 1.91 bits per heavy atom. The molecule has 1 unspecified atom stereocenters. The molecule has 0 bridgehead atoms. The zero-order valence-electron chi connectivity index (χ0n) is 12.2. The van der Waals surface area contributed by atoms with E-state index < -0.39 is 21.9 Å². The van der Waals surface area contributed by atoms with E-state index in [4.69, 9.17) is 4.74 Å². The first-order valence-corrected chi connectivity index (χ1v) is 8.91. The summed E-state index contributed by atoms with van der Waals surface area (Å²) in [5, 5.41) is 0. The fraction of sp³-hybridized carbons (Fsp3) is 0.312. The molecular weight excluding hydrogens is 302 g/mol. The van der Waals surface area contributed by atoms with Gasteiger partial charge >= 0.3 is 5.97 Å². The van der Waals surface area contributed by atoms with E-state index in [2.05, 4.69) is 0 Å². The van der Waals surface area contributed by atoms with E-state index in [1.807, 2.05) is 36.4 Å². The van der Waals surface area contributed by atoms with Crippen molar-refractivity contribution >= 4 is 15.8 Å². The number of sulfone groups is 1. The maximum Gasteiger partial charge on any atom is 0.355 e. The maximum atomic E-state index is 12.2. The zero-order valence-corrected chi connectivity index (χ0v) is 13.0. The van der Waals surface area contributed by atoms with Gasteiger partial charge in [0.05, 0.1) is 11.5 Å². The van der Waals surface area contributed by atoms with Crippen molar-refractivity contribution in [3.8, 4) is 11.3 Å². The fourth-order valence-electron chi connectivity index (χ4n) is 2.68. The molecule has 6 heteroatoms. The predicted molar refractivity (Wildman–Crippen MR) is 83.3 cm³/mol. The van der Waals surface area contributed by atoms with Gasteiger partial charge in [-0.15, -0.1) is 0 Å². The van der Waals surface area contributed by atoms with Gasteiger partial charge in [0.25, 0.3) is 0 Å². The van der Waals surface area contributed by atoms with Crippen molar-refractivity contribution in [2.45, 2.75) is 12.5 Å². The third-order valence-electron chi connectivity index (χ3n) is 3.86. The topological polar surface area (TPSA) is 65.4 Å². The third-order valence-corrected chi connectivity index (χ3v) is 5.60. The molecule has 0 amide bonds. The van der Waals surface area contributed by atoms with Crippen LogP contribution in [0.5, 0.6) is 0 Å². The Kier molecular flexibility index (Phi) is 3.78. The van der Waals surface area contributed by atoms with Crippen LogP contribution < -0.4 is 0 Å². The van der Waals surface area contributed by atoms with Crippen LogP contribution in [0.4, 0.5) is 0 Å². The average molecular weight is 319 g/mol. The van der Waals surface area contributed by atoms with Crippen molar-refractivity contribution in [1.82, 2.24) is 4.57 Å². The number of nitrogens with zero attached hydrogens (tertiary/aromatic N) is 1. The standard InChI is InChI=1S/C16H17NO4S/c1-17-14(12-5-3-2-4-6-12)7-8-15(17)16(18)21-13-9-10-22(19,20)11-13/h2-8,13H,9-11H2,1H3. The first-order valence-electron chi connectivity index (χ1n) is 7.09. The lowest BCUT2D eigenvalue weighted by Crippen LogP contribution is -2.21. The number of rotatable bonds is 3. The van der Waals surface area contributed by atoms with Crippen molar-refractivity contribution < 1.29 is 17.9 Å². The van der Waals surface area contributed by atoms with Crippen molar-refractivity contribution in [1.29, 1.82) is 0 Å². The molecule has 0 spiro atoms. The molecule has 1 aromatic heterocycles. The van der Waals surface area contributed by atoms with Crippen LogP contribution in [0.25, 0.3) is 11.3 Å². The Morgan fingerprint density at radius 3 is 2.55 bits per heavy atom. The number of esters is 1. The summed E-state index contributed by atoms with van der Waals surface area (Å²) in [7, 11) is -1.26. The second-order valence-corrected chi connectivity index (χ2v) is 7.69. The Bertz CT molecular complexity index is 793. The first-order chi connectivity index (χ1) is 10.5. The first kappa shape index (κ1) is 14.8. The molecule has 2 heterocycles. The molecule has 0 radical (unpaired) electrons. The van der Waals surface area contributed by atoms with Gasteiger partial charge in [-0.3, -0.25) is 0 Å². The number of ether oxygens (including phenoxy) is 1. The lowest BCUT2D eigenvalue weighted by molar-refractivity contribution is 0.0345. The fourth-order valence-corrected chi connectivity index (χ4v) is 4.27. The number of aromatic nitrogens is 1. The van der Waals surface area contributed by atoms with Crippen LogP contribution in [0.2, 0.25) is 0 Å². The smallest absolute Gasteiger partial charge is 0.355 e. The molecule has 3 rings (SSSR count). The van der Waals surface area contributed by atoms with Crippen LogP contribution in [-0.2, 0) is 21.6 Å². The molecule has 0 saturated carbocycles. The molecule has 116 valence electrons. The highest BCUT2D eigenvalue weighted by atomic mass is 32.2. The van der Waals surface area contributed by atoms with Gasteiger partial charge in [0.1, 0.15) is 11.8 Å². The number of benzene rings is 1. The van der Waals surface area contributed by atoms with Crippen LogP contribution in [0.1, 0.15) is 16.9 Å². The molecule has 0 N–H and O–H groups in total. The third kappa shape index (κ3) is 2.92. The van der Waals surface area contributed by atoms with E-state index in [0.717, 1.165) is 11.3 Å². The number of carbonyl (C=O) groups excluding carboxylic acids is 1. The number of hydrogen-bond donors (Lipinski definition) is 0. The normalized spacial score (nSPS) is 20.0. The van der Waals surface area contributed by atoms with Crippen molar-refractivity contribution in [2.24, 2.45) is 7.05 Å². The second-order valence-electron chi connectivity index (χ2n) is 5.46. The molecular formula is C16H17NO4S. The summed E-state index contributed by atoms with van der Waals surface area (Å²) in [5.74, 6) is -0.464. The van der Waals surface area contributed by atoms with Crippen LogP contribution in [-0.4, -0.2) is 36.6 Å². The minimum absolute atomic E-state index is 0.0747. The molecule has 0 aliphatic carbocycles. The van der Waals surface area contributed by atoms with E-state index in [9.17, 15) is 13.2 Å². The molecule has 1 aliphatic rings.